The Morgan fingerprint density at radius 3 is 2.70 bits per heavy atom. The van der Waals surface area contributed by atoms with Crippen molar-refractivity contribution in [3.63, 3.8) is 0 Å². The average Bonchev–Trinajstić information content (AvgIpc) is 1.88. The molecule has 0 bridgehead atoms. The van der Waals surface area contributed by atoms with Gasteiger partial charge in [-0.25, -0.2) is 5.26 Å². The fraction of sp³-hybridized carbons (Fsp3) is 0.833. The van der Waals surface area contributed by atoms with Gasteiger partial charge in [-0.3, -0.25) is 4.79 Å². The van der Waals surface area contributed by atoms with Crippen LogP contribution in [0.1, 0.15) is 26.7 Å². The first kappa shape index (κ1) is 9.39. The Labute approximate surface area is 59.7 Å². The van der Waals surface area contributed by atoms with E-state index in [1.54, 1.807) is 0 Å². The number of carbonyl (C=O) groups is 1. The first-order valence-corrected chi connectivity index (χ1v) is 3.20. The molecule has 4 heteroatoms. The summed E-state index contributed by atoms with van der Waals surface area (Å²) >= 11 is 0. The van der Waals surface area contributed by atoms with Crippen LogP contribution in [0, 0.1) is 0 Å². The van der Waals surface area contributed by atoms with Crippen LogP contribution in [0.4, 0.5) is 0 Å². The zero-order valence-corrected chi connectivity index (χ0v) is 6.16. The molecular formula is C6H12O4. The highest BCUT2D eigenvalue weighted by Crippen LogP contribution is 1.96. The van der Waals surface area contributed by atoms with Gasteiger partial charge >= 0.3 is 5.97 Å². The number of rotatable bonds is 4. The van der Waals surface area contributed by atoms with E-state index in [1.807, 2.05) is 6.92 Å². The molecule has 0 aromatic rings. The number of carbonyl (C=O) groups excluding carboxylic acids is 1. The maximum atomic E-state index is 10.6. The summed E-state index contributed by atoms with van der Waals surface area (Å²) in [6.45, 7) is 3.30. The third kappa shape index (κ3) is 4.29. The van der Waals surface area contributed by atoms with E-state index in [4.69, 9.17) is 5.26 Å². The van der Waals surface area contributed by atoms with Crippen LogP contribution in [0.5, 0.6) is 0 Å². The lowest BCUT2D eigenvalue weighted by Crippen LogP contribution is -2.16. The van der Waals surface area contributed by atoms with Crippen molar-refractivity contribution in [3.8, 4) is 0 Å². The quantitative estimate of drug-likeness (QED) is 0.281. The minimum absolute atomic E-state index is 0.355. The molecule has 0 saturated carbocycles. The lowest BCUT2D eigenvalue weighted by atomic mass is 10.3. The summed E-state index contributed by atoms with van der Waals surface area (Å²) in [5.74, 6) is -0.357. The largest absolute Gasteiger partial charge is 0.433 e. The average molecular weight is 148 g/mol. The van der Waals surface area contributed by atoms with Gasteiger partial charge in [0.2, 0.25) is 6.29 Å². The van der Waals surface area contributed by atoms with Crippen molar-refractivity contribution in [2.45, 2.75) is 33.0 Å². The Morgan fingerprint density at radius 1 is 1.70 bits per heavy atom. The number of ether oxygens (including phenoxy) is 1. The zero-order valence-electron chi connectivity index (χ0n) is 6.16. The van der Waals surface area contributed by atoms with Gasteiger partial charge in [-0.1, -0.05) is 6.92 Å². The van der Waals surface area contributed by atoms with Gasteiger partial charge in [0.15, 0.2) is 0 Å². The number of esters is 1. The molecule has 0 rings (SSSR count). The highest BCUT2D eigenvalue weighted by atomic mass is 17.1. The third-order valence-corrected chi connectivity index (χ3v) is 0.900. The van der Waals surface area contributed by atoms with Crippen LogP contribution in [-0.2, 0) is 14.4 Å². The summed E-state index contributed by atoms with van der Waals surface area (Å²) in [6, 6.07) is 0. The van der Waals surface area contributed by atoms with E-state index in [9.17, 15) is 4.79 Å². The maximum absolute atomic E-state index is 10.6. The molecule has 10 heavy (non-hydrogen) atoms. The van der Waals surface area contributed by atoms with Gasteiger partial charge in [0.25, 0.3) is 0 Å². The van der Waals surface area contributed by atoms with Crippen LogP contribution < -0.4 is 0 Å². The van der Waals surface area contributed by atoms with E-state index in [2.05, 4.69) is 9.62 Å². The molecule has 0 aromatic heterocycles. The molecule has 0 saturated heterocycles. The molecule has 1 atom stereocenters. The molecule has 60 valence electrons. The van der Waals surface area contributed by atoms with E-state index < -0.39 is 6.29 Å². The van der Waals surface area contributed by atoms with Crippen molar-refractivity contribution < 1.29 is 19.7 Å². The Morgan fingerprint density at radius 2 is 2.30 bits per heavy atom. The number of hydrogen-bond donors (Lipinski definition) is 1. The molecule has 0 radical (unpaired) electrons. The third-order valence-electron chi connectivity index (χ3n) is 0.900. The lowest BCUT2D eigenvalue weighted by molar-refractivity contribution is -0.330. The standard InChI is InChI=1S/C6H12O4/c1-3-4-6(7)9-5(2)10-8/h5,8H,3-4H2,1-2H3. The lowest BCUT2D eigenvalue weighted by Gasteiger charge is -2.07. The van der Waals surface area contributed by atoms with Crippen LogP contribution in [0.3, 0.4) is 0 Å². The molecule has 0 heterocycles. The molecular weight excluding hydrogens is 136 g/mol. The van der Waals surface area contributed by atoms with E-state index in [1.165, 1.54) is 6.92 Å². The normalized spacial score (nSPS) is 12.7. The monoisotopic (exact) mass is 148 g/mol. The van der Waals surface area contributed by atoms with Gasteiger partial charge in [-0.2, -0.15) is 4.89 Å². The fourth-order valence-corrected chi connectivity index (χ4v) is 0.470. The van der Waals surface area contributed by atoms with E-state index >= 15 is 0 Å². The van der Waals surface area contributed by atoms with Crippen LogP contribution in [0.25, 0.3) is 0 Å². The molecule has 0 aliphatic heterocycles. The summed E-state index contributed by atoms with van der Waals surface area (Å²) in [7, 11) is 0. The summed E-state index contributed by atoms with van der Waals surface area (Å²) < 4.78 is 4.53. The predicted octanol–water partition coefficient (Wildman–Crippen LogP) is 1.17. The molecule has 0 spiro atoms. The van der Waals surface area contributed by atoms with Crippen molar-refractivity contribution in [1.82, 2.24) is 0 Å². The van der Waals surface area contributed by atoms with Gasteiger partial charge in [0.05, 0.1) is 0 Å². The minimum atomic E-state index is -0.862. The summed E-state index contributed by atoms with van der Waals surface area (Å²) in [6.07, 6.45) is 0.226. The molecule has 1 unspecified atom stereocenters. The summed E-state index contributed by atoms with van der Waals surface area (Å²) in [5, 5.41) is 7.97. The highest BCUT2D eigenvalue weighted by Gasteiger charge is 2.06. The van der Waals surface area contributed by atoms with Gasteiger partial charge in [-0.05, 0) is 6.42 Å². The second-order valence-electron chi connectivity index (χ2n) is 1.91. The van der Waals surface area contributed by atoms with Gasteiger partial charge in [0.1, 0.15) is 0 Å². The molecule has 0 fully saturated rings. The van der Waals surface area contributed by atoms with Crippen LogP contribution in [0.15, 0.2) is 0 Å². The fourth-order valence-electron chi connectivity index (χ4n) is 0.470. The highest BCUT2D eigenvalue weighted by molar-refractivity contribution is 5.69. The van der Waals surface area contributed by atoms with Crippen molar-refractivity contribution in [3.05, 3.63) is 0 Å². The SMILES string of the molecule is CCCC(=O)OC(C)OO. The molecule has 0 amide bonds. The first-order valence-electron chi connectivity index (χ1n) is 3.20. The van der Waals surface area contributed by atoms with Crippen molar-refractivity contribution in [2.24, 2.45) is 0 Å². The van der Waals surface area contributed by atoms with Crippen LogP contribution >= 0.6 is 0 Å². The predicted molar refractivity (Wildman–Crippen MR) is 34.2 cm³/mol. The summed E-state index contributed by atoms with van der Waals surface area (Å²) in [4.78, 5) is 14.3. The molecule has 0 aliphatic carbocycles. The Kier molecular flexibility index (Phi) is 4.88. The van der Waals surface area contributed by atoms with Gasteiger partial charge in [-0.15, -0.1) is 0 Å². The van der Waals surface area contributed by atoms with Gasteiger partial charge < -0.3 is 4.74 Å². The minimum Gasteiger partial charge on any atom is -0.433 e. The molecule has 4 nitrogen and oxygen atoms in total. The van der Waals surface area contributed by atoms with E-state index in [0.717, 1.165) is 6.42 Å². The smallest absolute Gasteiger partial charge is 0.308 e. The van der Waals surface area contributed by atoms with Crippen LogP contribution in [0.2, 0.25) is 0 Å². The van der Waals surface area contributed by atoms with Crippen molar-refractivity contribution >= 4 is 5.97 Å². The topological polar surface area (TPSA) is 55.8 Å². The Hall–Kier alpha value is -0.610. The van der Waals surface area contributed by atoms with E-state index in [0.29, 0.717) is 6.42 Å². The van der Waals surface area contributed by atoms with Crippen molar-refractivity contribution in [2.75, 3.05) is 0 Å². The van der Waals surface area contributed by atoms with Gasteiger partial charge in [0, 0.05) is 13.3 Å². The zero-order chi connectivity index (χ0) is 7.98. The van der Waals surface area contributed by atoms with Crippen LogP contribution in [-0.4, -0.2) is 17.5 Å². The Balaban J connectivity index is 3.37. The molecule has 0 aromatic carbocycles. The maximum Gasteiger partial charge on any atom is 0.308 e. The summed E-state index contributed by atoms with van der Waals surface area (Å²) in [5.41, 5.74) is 0. The second kappa shape index (κ2) is 5.20. The van der Waals surface area contributed by atoms with E-state index in [-0.39, 0.29) is 5.97 Å². The number of hydrogen-bond acceptors (Lipinski definition) is 4. The molecule has 1 N–H and O–H groups in total. The van der Waals surface area contributed by atoms with Crippen molar-refractivity contribution in [1.29, 1.82) is 0 Å². The first-order chi connectivity index (χ1) is 4.70. The second-order valence-corrected chi connectivity index (χ2v) is 1.91. The molecule has 0 aliphatic rings. The Bertz CT molecular complexity index is 102.